The lowest BCUT2D eigenvalue weighted by atomic mass is 10.2. The molecule has 0 aliphatic rings. The van der Waals surface area contributed by atoms with Gasteiger partial charge < -0.3 is 15.4 Å². The summed E-state index contributed by atoms with van der Waals surface area (Å²) in [7, 11) is 1.49. The van der Waals surface area contributed by atoms with Crippen molar-refractivity contribution in [1.82, 2.24) is 0 Å². The van der Waals surface area contributed by atoms with E-state index in [1.165, 1.54) is 7.11 Å². The minimum absolute atomic E-state index is 0.262. The van der Waals surface area contributed by atoms with E-state index in [1.807, 2.05) is 6.07 Å². The smallest absolute Gasteiger partial charge is 0.257 e. The van der Waals surface area contributed by atoms with E-state index in [0.29, 0.717) is 37.7 Å². The zero-order valence-corrected chi connectivity index (χ0v) is 17.2. The minimum atomic E-state index is -0.353. The first-order chi connectivity index (χ1) is 13.5. The first-order valence-electron chi connectivity index (χ1n) is 8.29. The summed E-state index contributed by atoms with van der Waals surface area (Å²) in [5, 5.41) is 5.94. The lowest BCUT2D eigenvalue weighted by Gasteiger charge is -2.13. The summed E-state index contributed by atoms with van der Waals surface area (Å²) >= 11 is 9.43. The number of amides is 2. The summed E-state index contributed by atoms with van der Waals surface area (Å²) in [6.45, 7) is 0. The monoisotopic (exact) mass is 458 g/mol. The van der Waals surface area contributed by atoms with E-state index in [1.54, 1.807) is 60.7 Å². The van der Waals surface area contributed by atoms with Crippen LogP contribution in [0.5, 0.6) is 5.75 Å². The van der Waals surface area contributed by atoms with Crippen molar-refractivity contribution < 1.29 is 14.3 Å². The number of hydrogen-bond donors (Lipinski definition) is 2. The van der Waals surface area contributed by atoms with Crippen molar-refractivity contribution in [2.24, 2.45) is 0 Å². The van der Waals surface area contributed by atoms with Gasteiger partial charge in [-0.2, -0.15) is 0 Å². The molecule has 2 amide bonds. The zero-order valence-electron chi connectivity index (χ0n) is 14.8. The van der Waals surface area contributed by atoms with Gasteiger partial charge in [0.2, 0.25) is 0 Å². The van der Waals surface area contributed by atoms with Gasteiger partial charge in [-0.15, -0.1) is 0 Å². The van der Waals surface area contributed by atoms with Crippen molar-refractivity contribution in [2.45, 2.75) is 0 Å². The molecule has 7 heteroatoms. The number of anilines is 2. The predicted molar refractivity (Wildman–Crippen MR) is 114 cm³/mol. The Balaban J connectivity index is 1.79. The van der Waals surface area contributed by atoms with Crippen LogP contribution in [0.25, 0.3) is 0 Å². The van der Waals surface area contributed by atoms with Crippen LogP contribution >= 0.6 is 27.5 Å². The third-order valence-corrected chi connectivity index (χ3v) is 4.97. The molecule has 28 heavy (non-hydrogen) atoms. The molecule has 3 rings (SSSR count). The van der Waals surface area contributed by atoms with Crippen LogP contribution in [0.4, 0.5) is 11.4 Å². The van der Waals surface area contributed by atoms with Crippen molar-refractivity contribution in [3.63, 3.8) is 0 Å². The third-order valence-electron chi connectivity index (χ3n) is 3.94. The molecule has 3 aromatic rings. The molecule has 0 heterocycles. The number of benzene rings is 3. The molecule has 142 valence electrons. The maximum Gasteiger partial charge on any atom is 0.257 e. The Morgan fingerprint density at radius 3 is 2.21 bits per heavy atom. The highest BCUT2D eigenvalue weighted by Crippen LogP contribution is 2.29. The zero-order chi connectivity index (χ0) is 20.1. The Bertz CT molecular complexity index is 1040. The fourth-order valence-electron chi connectivity index (χ4n) is 2.55. The van der Waals surface area contributed by atoms with Gasteiger partial charge in [-0.1, -0.05) is 35.9 Å². The van der Waals surface area contributed by atoms with E-state index in [4.69, 9.17) is 16.3 Å². The van der Waals surface area contributed by atoms with Crippen LogP contribution in [0.2, 0.25) is 5.02 Å². The maximum absolute atomic E-state index is 12.5. The van der Waals surface area contributed by atoms with Crippen LogP contribution in [0.15, 0.2) is 71.2 Å². The Kier molecular flexibility index (Phi) is 6.34. The number of rotatable bonds is 5. The lowest BCUT2D eigenvalue weighted by Crippen LogP contribution is -2.14. The summed E-state index contributed by atoms with van der Waals surface area (Å²) in [5.41, 5.74) is 1.87. The highest BCUT2D eigenvalue weighted by molar-refractivity contribution is 9.10. The van der Waals surface area contributed by atoms with Gasteiger partial charge in [-0.05, 0) is 52.3 Å². The van der Waals surface area contributed by atoms with E-state index in [2.05, 4.69) is 26.6 Å². The van der Waals surface area contributed by atoms with Crippen LogP contribution in [-0.2, 0) is 0 Å². The average Bonchev–Trinajstić information content (AvgIpc) is 2.69. The SMILES string of the molecule is COc1cc(NC(=O)c2ccccc2Br)ccc1NC(=O)c1ccccc1Cl. The summed E-state index contributed by atoms with van der Waals surface area (Å²) in [6, 6.07) is 18.9. The van der Waals surface area contributed by atoms with Gasteiger partial charge in [0.25, 0.3) is 11.8 Å². The lowest BCUT2D eigenvalue weighted by molar-refractivity contribution is 0.101. The first kappa shape index (κ1) is 19.9. The molecule has 0 aliphatic carbocycles. The summed E-state index contributed by atoms with van der Waals surface area (Å²) < 4.78 is 6.05. The molecule has 0 saturated carbocycles. The molecule has 0 aliphatic heterocycles. The van der Waals surface area contributed by atoms with E-state index >= 15 is 0 Å². The molecule has 0 saturated heterocycles. The molecule has 0 bridgehead atoms. The Labute approximate surface area is 175 Å². The van der Waals surface area contributed by atoms with Crippen LogP contribution < -0.4 is 15.4 Å². The number of halogens is 2. The minimum Gasteiger partial charge on any atom is -0.494 e. The summed E-state index contributed by atoms with van der Waals surface area (Å²) in [5.74, 6) is -0.207. The van der Waals surface area contributed by atoms with Crippen LogP contribution in [0, 0.1) is 0 Å². The Morgan fingerprint density at radius 1 is 0.893 bits per heavy atom. The first-order valence-corrected chi connectivity index (χ1v) is 9.46. The quantitative estimate of drug-likeness (QED) is 0.521. The van der Waals surface area contributed by atoms with Gasteiger partial charge in [0.15, 0.2) is 0 Å². The second-order valence-corrected chi connectivity index (χ2v) is 7.04. The van der Waals surface area contributed by atoms with Crippen molar-refractivity contribution >= 4 is 50.7 Å². The van der Waals surface area contributed by atoms with Crippen molar-refractivity contribution in [3.05, 3.63) is 87.4 Å². The van der Waals surface area contributed by atoms with Gasteiger partial charge in [0, 0.05) is 16.2 Å². The van der Waals surface area contributed by atoms with Crippen molar-refractivity contribution in [3.8, 4) is 5.75 Å². The second kappa shape index (κ2) is 8.91. The number of methoxy groups -OCH3 is 1. The van der Waals surface area contributed by atoms with Gasteiger partial charge >= 0.3 is 0 Å². The van der Waals surface area contributed by atoms with Crippen molar-refractivity contribution in [1.29, 1.82) is 0 Å². The normalized spacial score (nSPS) is 10.2. The Hall–Kier alpha value is -2.83. The van der Waals surface area contributed by atoms with Crippen LogP contribution in [-0.4, -0.2) is 18.9 Å². The second-order valence-electron chi connectivity index (χ2n) is 5.78. The van der Waals surface area contributed by atoms with Crippen molar-refractivity contribution in [2.75, 3.05) is 17.7 Å². The molecule has 3 aromatic carbocycles. The molecule has 0 unspecified atom stereocenters. The van der Waals surface area contributed by atoms with E-state index in [-0.39, 0.29) is 11.8 Å². The van der Waals surface area contributed by atoms with Gasteiger partial charge in [0.05, 0.1) is 28.9 Å². The van der Waals surface area contributed by atoms with E-state index in [9.17, 15) is 9.59 Å². The number of carbonyl (C=O) groups is 2. The fourth-order valence-corrected chi connectivity index (χ4v) is 3.24. The molecule has 0 fully saturated rings. The fraction of sp³-hybridized carbons (Fsp3) is 0.0476. The third kappa shape index (κ3) is 4.52. The summed E-state index contributed by atoms with van der Waals surface area (Å²) in [6.07, 6.45) is 0. The van der Waals surface area contributed by atoms with Crippen LogP contribution in [0.1, 0.15) is 20.7 Å². The van der Waals surface area contributed by atoms with Gasteiger partial charge in [-0.3, -0.25) is 9.59 Å². The highest BCUT2D eigenvalue weighted by atomic mass is 79.9. The van der Waals surface area contributed by atoms with Gasteiger partial charge in [0.1, 0.15) is 5.75 Å². The molecule has 5 nitrogen and oxygen atoms in total. The number of hydrogen-bond acceptors (Lipinski definition) is 3. The molecule has 0 spiro atoms. The molecule has 0 aromatic heterocycles. The standard InChI is InChI=1S/C21H16BrClN2O3/c1-28-19-12-13(24-20(26)14-6-2-4-8-16(14)22)10-11-18(19)25-21(27)15-7-3-5-9-17(15)23/h2-12H,1H3,(H,24,26)(H,25,27). The summed E-state index contributed by atoms with van der Waals surface area (Å²) in [4.78, 5) is 24.9. The number of carbonyl (C=O) groups excluding carboxylic acids is 2. The average molecular weight is 460 g/mol. The maximum atomic E-state index is 12.5. The highest BCUT2D eigenvalue weighted by Gasteiger charge is 2.14. The predicted octanol–water partition coefficient (Wildman–Crippen LogP) is 5.62. The van der Waals surface area contributed by atoms with Crippen LogP contribution in [0.3, 0.4) is 0 Å². The molecule has 0 atom stereocenters. The van der Waals surface area contributed by atoms with E-state index < -0.39 is 0 Å². The van der Waals surface area contributed by atoms with Gasteiger partial charge in [-0.25, -0.2) is 0 Å². The topological polar surface area (TPSA) is 67.4 Å². The molecular weight excluding hydrogens is 444 g/mol. The largest absolute Gasteiger partial charge is 0.494 e. The number of ether oxygens (including phenoxy) is 1. The number of nitrogens with one attached hydrogen (secondary N) is 2. The molecule has 2 N–H and O–H groups in total. The Morgan fingerprint density at radius 2 is 1.54 bits per heavy atom. The molecular formula is C21H16BrClN2O3. The van der Waals surface area contributed by atoms with E-state index in [0.717, 1.165) is 0 Å². The molecule has 0 radical (unpaired) electrons.